The maximum Gasteiger partial charge on any atom is 0.228 e. The summed E-state index contributed by atoms with van der Waals surface area (Å²) in [5.41, 5.74) is 3.89. The minimum Gasteiger partial charge on any atom is -0.309 e. The molecule has 0 spiro atoms. The van der Waals surface area contributed by atoms with E-state index in [2.05, 4.69) is 47.5 Å². The number of nitrogens with one attached hydrogen (secondary N) is 1. The maximum atomic E-state index is 5.04. The van der Waals surface area contributed by atoms with E-state index >= 15 is 0 Å². The van der Waals surface area contributed by atoms with Crippen molar-refractivity contribution in [1.29, 1.82) is 0 Å². The van der Waals surface area contributed by atoms with Crippen molar-refractivity contribution in [2.24, 2.45) is 7.05 Å². The Morgan fingerprint density at radius 2 is 1.83 bits per heavy atom. The molecule has 1 N–H and O–H groups in total. The van der Waals surface area contributed by atoms with Crippen molar-refractivity contribution in [3.8, 4) is 11.1 Å². The van der Waals surface area contributed by atoms with E-state index in [9.17, 15) is 0 Å². The van der Waals surface area contributed by atoms with E-state index in [0.29, 0.717) is 11.9 Å². The Balaban J connectivity index is 1.63. The van der Waals surface area contributed by atoms with Crippen LogP contribution in [0.2, 0.25) is 0 Å². The summed E-state index contributed by atoms with van der Waals surface area (Å²) in [6.45, 7) is 0. The van der Waals surface area contributed by atoms with E-state index < -0.39 is 0 Å². The minimum atomic E-state index is 0.469. The fourth-order valence-corrected chi connectivity index (χ4v) is 4.14. The molecule has 4 aromatic heterocycles. The van der Waals surface area contributed by atoms with Crippen LogP contribution in [0.4, 0.5) is 11.8 Å². The van der Waals surface area contributed by atoms with Crippen LogP contribution in [0.5, 0.6) is 0 Å². The van der Waals surface area contributed by atoms with Gasteiger partial charge in [0.05, 0.1) is 16.9 Å². The third kappa shape index (κ3) is 3.62. The molecule has 1 fully saturated rings. The first-order valence-corrected chi connectivity index (χ1v) is 10.6. The van der Waals surface area contributed by atoms with Gasteiger partial charge >= 0.3 is 0 Å². The van der Waals surface area contributed by atoms with Crippen molar-refractivity contribution >= 4 is 33.3 Å². The van der Waals surface area contributed by atoms with Crippen LogP contribution in [0.3, 0.4) is 0 Å². The Bertz CT molecular complexity index is 1140. The van der Waals surface area contributed by atoms with Crippen molar-refractivity contribution < 1.29 is 0 Å². The number of nitrogens with zero attached hydrogens (tertiary/aromatic N) is 7. The first-order valence-electron chi connectivity index (χ1n) is 9.79. The molecule has 1 aliphatic carbocycles. The fourth-order valence-electron chi connectivity index (χ4n) is 3.93. The normalized spacial score (nSPS) is 15.1. The van der Waals surface area contributed by atoms with Crippen LogP contribution in [0.15, 0.2) is 41.5 Å². The predicted octanol–water partition coefficient (Wildman–Crippen LogP) is 4.47. The molecule has 0 radical (unpaired) electrons. The molecule has 0 saturated heterocycles. The molecule has 9 heteroatoms. The van der Waals surface area contributed by atoms with Gasteiger partial charge in [-0.3, -0.25) is 4.68 Å². The molecule has 0 aliphatic heterocycles. The first-order chi connectivity index (χ1) is 14.2. The fraction of sp³-hybridized carbons (Fsp3) is 0.350. The number of rotatable bonds is 4. The summed E-state index contributed by atoms with van der Waals surface area (Å²) in [6, 6.07) is 2.09. The van der Waals surface area contributed by atoms with Crippen molar-refractivity contribution in [2.45, 2.75) is 38.0 Å². The molecule has 0 unspecified atom stereocenters. The number of aromatic nitrogens is 7. The largest absolute Gasteiger partial charge is 0.309 e. The Morgan fingerprint density at radius 1 is 1.03 bits per heavy atom. The molecule has 0 amide bonds. The molecular formula is C20H21BrN8. The Kier molecular flexibility index (Phi) is 4.75. The maximum absolute atomic E-state index is 5.04. The summed E-state index contributed by atoms with van der Waals surface area (Å²) in [7, 11) is 1.91. The van der Waals surface area contributed by atoms with Gasteiger partial charge in [-0.1, -0.05) is 19.3 Å². The predicted molar refractivity (Wildman–Crippen MR) is 114 cm³/mol. The topological polar surface area (TPSA) is 85.8 Å². The van der Waals surface area contributed by atoms with Crippen LogP contribution in [0.1, 0.15) is 43.7 Å². The van der Waals surface area contributed by atoms with Crippen molar-refractivity contribution in [3.63, 3.8) is 0 Å². The number of anilines is 2. The van der Waals surface area contributed by atoms with Crippen LogP contribution in [0.25, 0.3) is 16.8 Å². The smallest absolute Gasteiger partial charge is 0.228 e. The zero-order valence-electron chi connectivity index (χ0n) is 16.1. The summed E-state index contributed by atoms with van der Waals surface area (Å²) in [6.07, 6.45) is 15.3. The van der Waals surface area contributed by atoms with Gasteiger partial charge < -0.3 is 5.32 Å². The van der Waals surface area contributed by atoms with Gasteiger partial charge in [0, 0.05) is 54.4 Å². The quantitative estimate of drug-likeness (QED) is 0.491. The van der Waals surface area contributed by atoms with Crippen molar-refractivity contribution in [3.05, 3.63) is 47.2 Å². The second-order valence-corrected chi connectivity index (χ2v) is 8.36. The number of hydrogen-bond donors (Lipinski definition) is 1. The van der Waals surface area contributed by atoms with Gasteiger partial charge in [0.1, 0.15) is 5.82 Å². The number of fused-ring (bicyclic) bond motifs is 1. The van der Waals surface area contributed by atoms with Crippen LogP contribution in [0, 0.1) is 0 Å². The van der Waals surface area contributed by atoms with E-state index in [4.69, 9.17) is 4.98 Å². The van der Waals surface area contributed by atoms with Crippen LogP contribution in [-0.4, -0.2) is 34.3 Å². The Labute approximate surface area is 176 Å². The average Bonchev–Trinajstić information content (AvgIpc) is 3.36. The molecule has 8 nitrogen and oxygen atoms in total. The van der Waals surface area contributed by atoms with Gasteiger partial charge in [0.2, 0.25) is 5.95 Å². The highest BCUT2D eigenvalue weighted by atomic mass is 79.9. The van der Waals surface area contributed by atoms with Gasteiger partial charge in [-0.05, 0) is 28.8 Å². The Hall–Kier alpha value is -2.81. The lowest BCUT2D eigenvalue weighted by Crippen LogP contribution is -2.10. The highest BCUT2D eigenvalue weighted by Crippen LogP contribution is 2.34. The van der Waals surface area contributed by atoms with Crippen LogP contribution in [-0.2, 0) is 7.05 Å². The zero-order valence-corrected chi connectivity index (χ0v) is 17.7. The molecule has 29 heavy (non-hydrogen) atoms. The first kappa shape index (κ1) is 18.2. The summed E-state index contributed by atoms with van der Waals surface area (Å²) in [5, 5.41) is 12.2. The highest BCUT2D eigenvalue weighted by molar-refractivity contribution is 9.10. The lowest BCUT2D eigenvalue weighted by atomic mass is 9.87. The lowest BCUT2D eigenvalue weighted by molar-refractivity contribution is 0.437. The van der Waals surface area contributed by atoms with Gasteiger partial charge in [-0.2, -0.15) is 14.7 Å². The molecule has 4 aromatic rings. The van der Waals surface area contributed by atoms with E-state index in [1.54, 1.807) is 17.1 Å². The van der Waals surface area contributed by atoms with Gasteiger partial charge in [-0.25, -0.2) is 15.0 Å². The second-order valence-electron chi connectivity index (χ2n) is 7.45. The van der Waals surface area contributed by atoms with E-state index in [1.807, 2.05) is 30.2 Å². The number of halogens is 1. The van der Waals surface area contributed by atoms with Crippen LogP contribution >= 0.6 is 15.9 Å². The van der Waals surface area contributed by atoms with Gasteiger partial charge in [0.15, 0.2) is 5.65 Å². The van der Waals surface area contributed by atoms with Gasteiger partial charge in [0.25, 0.3) is 0 Å². The molecule has 4 heterocycles. The molecular weight excluding hydrogens is 432 g/mol. The molecule has 5 rings (SSSR count). The lowest BCUT2D eigenvalue weighted by Gasteiger charge is -2.22. The van der Waals surface area contributed by atoms with E-state index in [0.717, 1.165) is 32.8 Å². The van der Waals surface area contributed by atoms with Gasteiger partial charge in [-0.15, -0.1) is 0 Å². The number of hydrogen-bond acceptors (Lipinski definition) is 6. The monoisotopic (exact) mass is 452 g/mol. The van der Waals surface area contributed by atoms with E-state index in [-0.39, 0.29) is 0 Å². The molecule has 0 aromatic carbocycles. The van der Waals surface area contributed by atoms with Crippen LogP contribution < -0.4 is 5.32 Å². The molecule has 1 aliphatic rings. The summed E-state index contributed by atoms with van der Waals surface area (Å²) >= 11 is 3.38. The molecule has 0 bridgehead atoms. The highest BCUT2D eigenvalue weighted by Gasteiger charge is 2.21. The zero-order chi connectivity index (χ0) is 19.8. The summed E-state index contributed by atoms with van der Waals surface area (Å²) in [4.78, 5) is 13.7. The average molecular weight is 453 g/mol. The molecule has 1 saturated carbocycles. The number of aryl methyl sites for hydroxylation is 1. The van der Waals surface area contributed by atoms with Crippen molar-refractivity contribution in [2.75, 3.05) is 5.32 Å². The molecule has 0 atom stereocenters. The minimum absolute atomic E-state index is 0.469. The summed E-state index contributed by atoms with van der Waals surface area (Å²) in [5.74, 6) is 1.80. The second kappa shape index (κ2) is 7.55. The SMILES string of the molecule is Cn1cc(-c2cnn3c(Nc4ncc(Br)cn4)cc(C4CCCCC4)nc23)cn1. The standard InChI is InChI=1S/C20H21BrN8/c1-28-12-14(8-24-28)16-11-25-29-18(27-20-22-9-15(21)10-23-20)7-17(26-19(16)29)13-5-3-2-4-6-13/h7-13H,2-6H2,1H3,(H,22,23,27). The van der Waals surface area contributed by atoms with Crippen molar-refractivity contribution in [1.82, 2.24) is 34.3 Å². The summed E-state index contributed by atoms with van der Waals surface area (Å²) < 4.78 is 4.45. The third-order valence-corrected chi connectivity index (χ3v) is 5.80. The third-order valence-electron chi connectivity index (χ3n) is 5.39. The van der Waals surface area contributed by atoms with E-state index in [1.165, 1.54) is 32.1 Å². The molecule has 148 valence electrons. The Morgan fingerprint density at radius 3 is 2.55 bits per heavy atom.